The summed E-state index contributed by atoms with van der Waals surface area (Å²) < 4.78 is 0. The maximum atomic E-state index is 9.58. The first-order valence-corrected chi connectivity index (χ1v) is 19.5. The quantitative estimate of drug-likeness (QED) is 0.163. The number of aromatic nitrogens is 3. The molecule has 1 atom stereocenters. The molecule has 1 aliphatic carbocycles. The highest BCUT2D eigenvalue weighted by atomic mass is 15.0. The van der Waals surface area contributed by atoms with Crippen LogP contribution >= 0.6 is 0 Å². The summed E-state index contributed by atoms with van der Waals surface area (Å²) in [7, 11) is 0. The van der Waals surface area contributed by atoms with Gasteiger partial charge >= 0.3 is 0 Å². The summed E-state index contributed by atoms with van der Waals surface area (Å²) in [5.74, 6) is 1.90. The first kappa shape index (κ1) is 34.7. The Bertz CT molecular complexity index is 2930. The molecule has 1 aromatic heterocycles. The van der Waals surface area contributed by atoms with Gasteiger partial charge in [-0.2, -0.15) is 5.26 Å². The third-order valence-electron chi connectivity index (χ3n) is 11.5. The van der Waals surface area contributed by atoms with E-state index >= 15 is 0 Å². The monoisotopic (exact) mass is 740 g/mol. The number of nitrogens with zero attached hydrogens (tertiary/aromatic N) is 4. The zero-order chi connectivity index (χ0) is 39.1. The van der Waals surface area contributed by atoms with Crippen molar-refractivity contribution in [2.45, 2.75) is 12.3 Å². The van der Waals surface area contributed by atoms with E-state index in [1.807, 2.05) is 78.9 Å². The molecular weight excluding hydrogens is 705 g/mol. The van der Waals surface area contributed by atoms with Crippen LogP contribution in [0.15, 0.2) is 200 Å². The second-order valence-corrected chi connectivity index (χ2v) is 14.8. The van der Waals surface area contributed by atoms with Crippen molar-refractivity contribution < 1.29 is 0 Å². The van der Waals surface area contributed by atoms with E-state index in [1.54, 1.807) is 0 Å². The molecule has 4 nitrogen and oxygen atoms in total. The fourth-order valence-corrected chi connectivity index (χ4v) is 8.54. The van der Waals surface area contributed by atoms with Crippen LogP contribution in [0.3, 0.4) is 0 Å². The van der Waals surface area contributed by atoms with E-state index in [2.05, 4.69) is 134 Å². The molecule has 9 aromatic rings. The van der Waals surface area contributed by atoms with Crippen LogP contribution in [0, 0.1) is 11.3 Å². The summed E-state index contributed by atoms with van der Waals surface area (Å²) in [5.41, 5.74) is 16.1. The highest BCUT2D eigenvalue weighted by Gasteiger charge is 2.42. The Morgan fingerprint density at radius 3 is 1.50 bits per heavy atom. The molecule has 0 radical (unpaired) electrons. The van der Waals surface area contributed by atoms with Gasteiger partial charge in [0.1, 0.15) is 0 Å². The second kappa shape index (κ2) is 14.4. The molecule has 58 heavy (non-hydrogen) atoms. The average Bonchev–Trinajstić information content (AvgIpc) is 3.58. The molecule has 0 aliphatic heterocycles. The molecule has 8 aromatic carbocycles. The summed E-state index contributed by atoms with van der Waals surface area (Å²) in [6.07, 6.45) is 0. The molecule has 1 unspecified atom stereocenters. The number of hydrogen-bond acceptors (Lipinski definition) is 4. The first-order chi connectivity index (χ1) is 28.6. The maximum absolute atomic E-state index is 9.58. The van der Waals surface area contributed by atoms with E-state index in [9.17, 15) is 5.26 Å². The van der Waals surface area contributed by atoms with Crippen molar-refractivity contribution in [2.75, 3.05) is 0 Å². The van der Waals surface area contributed by atoms with Crippen molar-refractivity contribution in [3.63, 3.8) is 0 Å². The van der Waals surface area contributed by atoms with Crippen molar-refractivity contribution in [3.8, 4) is 84.7 Å². The molecule has 0 bridgehead atoms. The summed E-state index contributed by atoms with van der Waals surface area (Å²) in [5, 5.41) is 9.58. The highest BCUT2D eigenvalue weighted by Crippen LogP contribution is 2.57. The van der Waals surface area contributed by atoms with Crippen molar-refractivity contribution in [1.82, 2.24) is 15.0 Å². The zero-order valence-electron chi connectivity index (χ0n) is 31.8. The van der Waals surface area contributed by atoms with E-state index in [4.69, 9.17) is 15.0 Å². The number of nitriles is 1. The van der Waals surface area contributed by atoms with Crippen LogP contribution in [0.2, 0.25) is 0 Å². The van der Waals surface area contributed by atoms with E-state index in [-0.39, 0.29) is 5.41 Å². The molecule has 4 heteroatoms. The van der Waals surface area contributed by atoms with Crippen LogP contribution in [0.1, 0.15) is 29.2 Å². The van der Waals surface area contributed by atoms with Crippen molar-refractivity contribution in [3.05, 3.63) is 222 Å². The van der Waals surface area contributed by atoms with E-state index in [0.717, 1.165) is 44.5 Å². The van der Waals surface area contributed by atoms with Crippen LogP contribution in [0.4, 0.5) is 0 Å². The van der Waals surface area contributed by atoms with Gasteiger partial charge in [-0.05, 0) is 80.3 Å². The van der Waals surface area contributed by atoms with Gasteiger partial charge in [-0.15, -0.1) is 0 Å². The van der Waals surface area contributed by atoms with Crippen molar-refractivity contribution >= 4 is 0 Å². The highest BCUT2D eigenvalue weighted by molar-refractivity contribution is 6.01. The maximum Gasteiger partial charge on any atom is 0.164 e. The van der Waals surface area contributed by atoms with E-state index in [0.29, 0.717) is 23.0 Å². The van der Waals surface area contributed by atoms with Gasteiger partial charge in [0.2, 0.25) is 0 Å². The topological polar surface area (TPSA) is 62.5 Å². The smallest absolute Gasteiger partial charge is 0.164 e. The Labute approximate surface area is 338 Å². The molecule has 1 aliphatic rings. The van der Waals surface area contributed by atoms with Crippen LogP contribution in [-0.4, -0.2) is 15.0 Å². The predicted octanol–water partition coefficient (Wildman–Crippen LogP) is 13.1. The van der Waals surface area contributed by atoms with Crippen molar-refractivity contribution in [1.29, 1.82) is 5.26 Å². The predicted molar refractivity (Wildman–Crippen MR) is 235 cm³/mol. The molecule has 0 saturated carbocycles. The lowest BCUT2D eigenvalue weighted by Crippen LogP contribution is -2.22. The summed E-state index contributed by atoms with van der Waals surface area (Å²) in [4.78, 5) is 14.9. The van der Waals surface area contributed by atoms with Crippen LogP contribution in [-0.2, 0) is 5.41 Å². The number of hydrogen-bond donors (Lipinski definition) is 0. The lowest BCUT2D eigenvalue weighted by Gasteiger charge is -2.29. The Balaban J connectivity index is 1.14. The Morgan fingerprint density at radius 2 is 0.879 bits per heavy atom. The minimum absolute atomic E-state index is 0.340. The summed E-state index contributed by atoms with van der Waals surface area (Å²) in [6, 6.07) is 72.0. The van der Waals surface area contributed by atoms with Gasteiger partial charge in [-0.3, -0.25) is 0 Å². The SMILES string of the molecule is CC1(c2ccccc2)c2ccccc2-c2c1ccc(-c1ccc(-c3nc(-c4ccccc4)nc(-c4ccccc4)n3)cc1)c2-c1ccc(-c2cccc(C#N)c2)cc1. The molecule has 0 saturated heterocycles. The third-order valence-corrected chi connectivity index (χ3v) is 11.5. The third kappa shape index (κ3) is 5.98. The zero-order valence-corrected chi connectivity index (χ0v) is 31.8. The standard InChI is InChI=1S/C54H36N4/c1-54(44-20-9-4-10-21-44)47-23-12-11-22-46(47)50-48(54)33-32-45(49(50)39-28-24-37(25-29-39)43-19-13-14-36(34-43)35-55)38-26-30-42(31-27-38)53-57-51(40-15-5-2-6-16-40)56-52(58-53)41-17-7-3-8-18-41/h2-34H,1H3. The Kier molecular flexibility index (Phi) is 8.62. The minimum atomic E-state index is -0.340. The van der Waals surface area contributed by atoms with Gasteiger partial charge in [0.15, 0.2) is 17.5 Å². The first-order valence-electron chi connectivity index (χ1n) is 19.5. The molecule has 1 heterocycles. The molecule has 272 valence electrons. The molecule has 10 rings (SSSR count). The normalized spacial score (nSPS) is 14.0. The van der Waals surface area contributed by atoms with Gasteiger partial charge in [-0.25, -0.2) is 15.0 Å². The van der Waals surface area contributed by atoms with Gasteiger partial charge < -0.3 is 0 Å². The molecular formula is C54H36N4. The fraction of sp³-hybridized carbons (Fsp3) is 0.0370. The summed E-state index contributed by atoms with van der Waals surface area (Å²) >= 11 is 0. The van der Waals surface area contributed by atoms with E-state index < -0.39 is 0 Å². The Hall–Kier alpha value is -7.74. The van der Waals surface area contributed by atoms with Gasteiger partial charge in [0, 0.05) is 22.1 Å². The molecule has 0 amide bonds. The van der Waals surface area contributed by atoms with Crippen LogP contribution < -0.4 is 0 Å². The van der Waals surface area contributed by atoms with Gasteiger partial charge in [0.05, 0.1) is 11.6 Å². The fourth-order valence-electron chi connectivity index (χ4n) is 8.54. The Morgan fingerprint density at radius 1 is 0.379 bits per heavy atom. The number of fused-ring (bicyclic) bond motifs is 3. The minimum Gasteiger partial charge on any atom is -0.208 e. The van der Waals surface area contributed by atoms with Crippen LogP contribution in [0.25, 0.3) is 78.7 Å². The lowest BCUT2D eigenvalue weighted by atomic mass is 9.73. The average molecular weight is 741 g/mol. The number of benzene rings is 8. The molecule has 0 fully saturated rings. The van der Waals surface area contributed by atoms with Gasteiger partial charge in [0.25, 0.3) is 0 Å². The molecule has 0 N–H and O–H groups in total. The summed E-state index contributed by atoms with van der Waals surface area (Å²) in [6.45, 7) is 2.36. The lowest BCUT2D eigenvalue weighted by molar-refractivity contribution is 0.714. The second-order valence-electron chi connectivity index (χ2n) is 14.8. The van der Waals surface area contributed by atoms with E-state index in [1.165, 1.54) is 33.4 Å². The van der Waals surface area contributed by atoms with Crippen molar-refractivity contribution in [2.24, 2.45) is 0 Å². The van der Waals surface area contributed by atoms with Crippen LogP contribution in [0.5, 0.6) is 0 Å². The largest absolute Gasteiger partial charge is 0.208 e. The molecule has 0 spiro atoms. The number of rotatable bonds is 7. The van der Waals surface area contributed by atoms with Gasteiger partial charge in [-0.1, -0.05) is 188 Å².